The standard InChI is InChI=1S/C17H20O3/c1-10-7-14-13-9-17(19-4)16(18-3)8-12(13)5-6-15(14)20-11(10)2/h5-6,8-11H,7H2,1-4H3. The molecule has 1 aliphatic heterocycles. The Balaban J connectivity index is 2.22. The molecule has 0 aliphatic carbocycles. The summed E-state index contributed by atoms with van der Waals surface area (Å²) in [5.74, 6) is 3.04. The zero-order chi connectivity index (χ0) is 14.3. The van der Waals surface area contributed by atoms with Crippen molar-refractivity contribution in [2.24, 2.45) is 5.92 Å². The highest BCUT2D eigenvalue weighted by Crippen LogP contribution is 2.40. The zero-order valence-electron chi connectivity index (χ0n) is 12.4. The molecule has 1 heterocycles. The minimum Gasteiger partial charge on any atom is -0.493 e. The van der Waals surface area contributed by atoms with Crippen molar-refractivity contribution in [1.29, 1.82) is 0 Å². The molecule has 20 heavy (non-hydrogen) atoms. The Morgan fingerprint density at radius 2 is 1.75 bits per heavy atom. The van der Waals surface area contributed by atoms with Gasteiger partial charge in [0.15, 0.2) is 11.5 Å². The summed E-state index contributed by atoms with van der Waals surface area (Å²) in [6, 6.07) is 8.22. The van der Waals surface area contributed by atoms with Gasteiger partial charge >= 0.3 is 0 Å². The molecule has 2 aromatic carbocycles. The molecule has 0 spiro atoms. The lowest BCUT2D eigenvalue weighted by Crippen LogP contribution is -2.28. The van der Waals surface area contributed by atoms with E-state index in [1.807, 2.05) is 6.07 Å². The first-order valence-corrected chi connectivity index (χ1v) is 6.98. The van der Waals surface area contributed by atoms with Crippen LogP contribution in [0.5, 0.6) is 17.2 Å². The number of methoxy groups -OCH3 is 2. The Hall–Kier alpha value is -1.90. The molecule has 0 bridgehead atoms. The third-order valence-electron chi connectivity index (χ3n) is 4.23. The van der Waals surface area contributed by atoms with Crippen LogP contribution in [-0.4, -0.2) is 20.3 Å². The van der Waals surface area contributed by atoms with Crippen LogP contribution in [0.1, 0.15) is 19.4 Å². The Bertz CT molecular complexity index is 648. The highest BCUT2D eigenvalue weighted by Gasteiger charge is 2.25. The van der Waals surface area contributed by atoms with E-state index in [9.17, 15) is 0 Å². The Kier molecular flexibility index (Phi) is 3.20. The summed E-state index contributed by atoms with van der Waals surface area (Å²) < 4.78 is 16.8. The lowest BCUT2D eigenvalue weighted by atomic mass is 9.89. The summed E-state index contributed by atoms with van der Waals surface area (Å²) in [6.07, 6.45) is 1.30. The van der Waals surface area contributed by atoms with Crippen molar-refractivity contribution in [3.05, 3.63) is 29.8 Å². The molecule has 0 radical (unpaired) electrons. The van der Waals surface area contributed by atoms with Gasteiger partial charge in [-0.3, -0.25) is 0 Å². The molecule has 0 amide bonds. The smallest absolute Gasteiger partial charge is 0.161 e. The highest BCUT2D eigenvalue weighted by molar-refractivity contribution is 5.91. The number of hydrogen-bond donors (Lipinski definition) is 0. The third-order valence-corrected chi connectivity index (χ3v) is 4.23. The highest BCUT2D eigenvalue weighted by atomic mass is 16.5. The van der Waals surface area contributed by atoms with Crippen LogP contribution < -0.4 is 14.2 Å². The van der Waals surface area contributed by atoms with Crippen molar-refractivity contribution in [2.45, 2.75) is 26.4 Å². The molecule has 0 aromatic heterocycles. The van der Waals surface area contributed by atoms with Gasteiger partial charge < -0.3 is 14.2 Å². The number of hydrogen-bond acceptors (Lipinski definition) is 3. The molecule has 0 saturated carbocycles. The zero-order valence-corrected chi connectivity index (χ0v) is 12.4. The van der Waals surface area contributed by atoms with E-state index in [1.165, 1.54) is 10.9 Å². The predicted octanol–water partition coefficient (Wildman–Crippen LogP) is 3.82. The van der Waals surface area contributed by atoms with Crippen molar-refractivity contribution in [2.75, 3.05) is 14.2 Å². The molecule has 1 aliphatic rings. The molecule has 0 N–H and O–H groups in total. The van der Waals surface area contributed by atoms with E-state index >= 15 is 0 Å². The van der Waals surface area contributed by atoms with Crippen LogP contribution in [0, 0.1) is 5.92 Å². The molecule has 0 saturated heterocycles. The van der Waals surface area contributed by atoms with Crippen molar-refractivity contribution < 1.29 is 14.2 Å². The summed E-state index contributed by atoms with van der Waals surface area (Å²) in [7, 11) is 3.33. The van der Waals surface area contributed by atoms with Crippen LogP contribution >= 0.6 is 0 Å². The first-order chi connectivity index (χ1) is 9.63. The predicted molar refractivity (Wildman–Crippen MR) is 80.0 cm³/mol. The topological polar surface area (TPSA) is 27.7 Å². The Morgan fingerprint density at radius 1 is 1.05 bits per heavy atom. The van der Waals surface area contributed by atoms with E-state index in [0.29, 0.717) is 5.92 Å². The van der Waals surface area contributed by atoms with Gasteiger partial charge in [0.1, 0.15) is 5.75 Å². The monoisotopic (exact) mass is 272 g/mol. The minimum absolute atomic E-state index is 0.264. The Labute approximate surface area is 119 Å². The molecular weight excluding hydrogens is 252 g/mol. The van der Waals surface area contributed by atoms with Gasteiger partial charge in [-0.1, -0.05) is 13.0 Å². The molecule has 3 nitrogen and oxygen atoms in total. The second kappa shape index (κ2) is 4.89. The SMILES string of the molecule is COc1cc2ccc3c(c2cc1OC)CC(C)C(C)O3. The van der Waals surface area contributed by atoms with Gasteiger partial charge in [0.2, 0.25) is 0 Å². The first kappa shape index (κ1) is 13.1. The maximum Gasteiger partial charge on any atom is 0.161 e. The first-order valence-electron chi connectivity index (χ1n) is 6.98. The third kappa shape index (κ3) is 1.98. The van der Waals surface area contributed by atoms with Crippen LogP contribution in [0.3, 0.4) is 0 Å². The number of benzene rings is 2. The van der Waals surface area contributed by atoms with E-state index in [2.05, 4.69) is 32.0 Å². The van der Waals surface area contributed by atoms with E-state index < -0.39 is 0 Å². The molecule has 106 valence electrons. The molecule has 3 rings (SSSR count). The molecule has 2 atom stereocenters. The average molecular weight is 272 g/mol. The van der Waals surface area contributed by atoms with Gasteiger partial charge in [-0.15, -0.1) is 0 Å². The van der Waals surface area contributed by atoms with E-state index in [-0.39, 0.29) is 6.10 Å². The van der Waals surface area contributed by atoms with Crippen LogP contribution in [-0.2, 0) is 6.42 Å². The van der Waals surface area contributed by atoms with E-state index in [0.717, 1.165) is 29.1 Å². The Morgan fingerprint density at radius 3 is 2.45 bits per heavy atom. The fourth-order valence-corrected chi connectivity index (χ4v) is 2.82. The normalized spacial score (nSPS) is 21.2. The van der Waals surface area contributed by atoms with Crippen molar-refractivity contribution >= 4 is 10.8 Å². The number of ether oxygens (including phenoxy) is 3. The van der Waals surface area contributed by atoms with Gasteiger partial charge in [0.25, 0.3) is 0 Å². The maximum atomic E-state index is 6.01. The van der Waals surface area contributed by atoms with Gasteiger partial charge in [-0.2, -0.15) is 0 Å². The molecule has 3 heteroatoms. The summed E-state index contributed by atoms with van der Waals surface area (Å²) in [5.41, 5.74) is 1.27. The van der Waals surface area contributed by atoms with Gasteiger partial charge in [-0.05, 0) is 48.2 Å². The second-order valence-electron chi connectivity index (χ2n) is 5.47. The van der Waals surface area contributed by atoms with Crippen molar-refractivity contribution in [1.82, 2.24) is 0 Å². The van der Waals surface area contributed by atoms with Gasteiger partial charge in [-0.25, -0.2) is 0 Å². The number of rotatable bonds is 2. The molecular formula is C17H20O3. The maximum absolute atomic E-state index is 6.01. The fraction of sp³-hybridized carbons (Fsp3) is 0.412. The quantitative estimate of drug-likeness (QED) is 0.832. The van der Waals surface area contributed by atoms with Crippen molar-refractivity contribution in [3.63, 3.8) is 0 Å². The number of fused-ring (bicyclic) bond motifs is 3. The summed E-state index contributed by atoms with van der Waals surface area (Å²) in [5, 5.41) is 2.35. The van der Waals surface area contributed by atoms with Gasteiger partial charge in [0, 0.05) is 5.56 Å². The van der Waals surface area contributed by atoms with E-state index in [1.54, 1.807) is 14.2 Å². The van der Waals surface area contributed by atoms with Crippen LogP contribution in [0.4, 0.5) is 0 Å². The van der Waals surface area contributed by atoms with Crippen molar-refractivity contribution in [3.8, 4) is 17.2 Å². The lowest BCUT2D eigenvalue weighted by Gasteiger charge is -2.30. The fourth-order valence-electron chi connectivity index (χ4n) is 2.82. The van der Waals surface area contributed by atoms with Crippen LogP contribution in [0.15, 0.2) is 24.3 Å². The second-order valence-corrected chi connectivity index (χ2v) is 5.47. The summed E-state index contributed by atoms with van der Waals surface area (Å²) in [6.45, 7) is 4.36. The van der Waals surface area contributed by atoms with Crippen LogP contribution in [0.25, 0.3) is 10.8 Å². The summed E-state index contributed by atoms with van der Waals surface area (Å²) >= 11 is 0. The minimum atomic E-state index is 0.264. The summed E-state index contributed by atoms with van der Waals surface area (Å²) in [4.78, 5) is 0. The largest absolute Gasteiger partial charge is 0.493 e. The molecule has 2 aromatic rings. The van der Waals surface area contributed by atoms with Crippen LogP contribution in [0.2, 0.25) is 0 Å². The molecule has 0 fully saturated rings. The lowest BCUT2D eigenvalue weighted by molar-refractivity contribution is 0.140. The van der Waals surface area contributed by atoms with Gasteiger partial charge in [0.05, 0.1) is 20.3 Å². The molecule has 2 unspecified atom stereocenters. The van der Waals surface area contributed by atoms with E-state index in [4.69, 9.17) is 14.2 Å². The average Bonchev–Trinajstić information content (AvgIpc) is 2.47.